The number of thiophene rings is 1. The Morgan fingerprint density at radius 1 is 1.12 bits per heavy atom. The molecule has 1 amide bonds. The fourth-order valence-electron chi connectivity index (χ4n) is 2.19. The highest BCUT2D eigenvalue weighted by molar-refractivity contribution is 7.12. The predicted octanol–water partition coefficient (Wildman–Crippen LogP) is 3.48. The van der Waals surface area contributed by atoms with E-state index in [-0.39, 0.29) is 25.2 Å². The van der Waals surface area contributed by atoms with Crippen molar-refractivity contribution in [3.63, 3.8) is 0 Å². The summed E-state index contributed by atoms with van der Waals surface area (Å²) in [4.78, 5) is 35.6. The van der Waals surface area contributed by atoms with E-state index in [0.29, 0.717) is 11.3 Å². The van der Waals surface area contributed by atoms with Gasteiger partial charge in [0.05, 0.1) is 4.88 Å². The Morgan fingerprint density at radius 3 is 2.52 bits per heavy atom. The number of hydrogen-bond acceptors (Lipinski definition) is 5. The van der Waals surface area contributed by atoms with Gasteiger partial charge >= 0.3 is 12.1 Å². The highest BCUT2D eigenvalue weighted by Crippen LogP contribution is 2.14. The second-order valence-corrected chi connectivity index (χ2v) is 6.34. The van der Waals surface area contributed by atoms with Gasteiger partial charge in [-0.1, -0.05) is 36.4 Å². The average Bonchev–Trinajstić information content (AvgIpc) is 3.14. The number of carbonyl (C=O) groups excluding carboxylic acids is 2. The van der Waals surface area contributed by atoms with Crippen LogP contribution in [0.3, 0.4) is 0 Å². The summed E-state index contributed by atoms with van der Waals surface area (Å²) in [6.45, 7) is 0.0654. The number of ketones is 1. The van der Waals surface area contributed by atoms with E-state index in [4.69, 9.17) is 4.74 Å². The number of hydrogen-bond donors (Lipinski definition) is 2. The van der Waals surface area contributed by atoms with Gasteiger partial charge in [-0.2, -0.15) is 0 Å². The Balaban J connectivity index is 1.75. The van der Waals surface area contributed by atoms with E-state index in [0.717, 1.165) is 5.56 Å². The SMILES string of the molecule is O=C(NC(CCCC(=O)c1cccs1)C(=O)O)OCc1ccccc1. The molecule has 0 aliphatic rings. The normalized spacial score (nSPS) is 11.5. The molecule has 0 saturated carbocycles. The number of Topliss-reactive ketones (excluding diaryl/α,β-unsaturated/α-hetero) is 1. The Kier molecular flexibility index (Phi) is 7.16. The molecule has 0 aliphatic heterocycles. The summed E-state index contributed by atoms with van der Waals surface area (Å²) in [5.74, 6) is -1.17. The number of benzene rings is 1. The molecule has 1 atom stereocenters. The Bertz CT molecular complexity index is 700. The minimum atomic E-state index is -1.15. The molecule has 0 bridgehead atoms. The number of carboxylic acid groups (broad SMARTS) is 1. The summed E-state index contributed by atoms with van der Waals surface area (Å²) in [7, 11) is 0. The first kappa shape index (κ1) is 18.7. The Morgan fingerprint density at radius 2 is 1.88 bits per heavy atom. The van der Waals surface area contributed by atoms with Gasteiger partial charge in [-0.25, -0.2) is 9.59 Å². The van der Waals surface area contributed by atoms with Gasteiger partial charge in [-0.15, -0.1) is 11.3 Å². The molecule has 6 nitrogen and oxygen atoms in total. The summed E-state index contributed by atoms with van der Waals surface area (Å²) in [5, 5.41) is 13.3. The van der Waals surface area contributed by atoms with Crippen LogP contribution < -0.4 is 5.32 Å². The monoisotopic (exact) mass is 361 g/mol. The average molecular weight is 361 g/mol. The first-order chi connectivity index (χ1) is 12.1. The van der Waals surface area contributed by atoms with Crippen molar-refractivity contribution in [1.29, 1.82) is 0 Å². The zero-order valence-corrected chi connectivity index (χ0v) is 14.3. The third kappa shape index (κ3) is 6.39. The van der Waals surface area contributed by atoms with E-state index in [2.05, 4.69) is 5.32 Å². The molecule has 1 aromatic carbocycles. The fraction of sp³-hybridized carbons (Fsp3) is 0.278. The molecule has 0 saturated heterocycles. The highest BCUT2D eigenvalue weighted by atomic mass is 32.1. The third-order valence-electron chi connectivity index (χ3n) is 3.50. The van der Waals surface area contributed by atoms with E-state index in [1.165, 1.54) is 11.3 Å². The summed E-state index contributed by atoms with van der Waals surface area (Å²) in [6.07, 6.45) is -0.0225. The molecule has 0 aliphatic carbocycles. The molecule has 1 unspecified atom stereocenters. The largest absolute Gasteiger partial charge is 0.480 e. The Labute approximate surface area is 149 Å². The molecular weight excluding hydrogens is 342 g/mol. The number of alkyl carbamates (subject to hydrolysis) is 1. The van der Waals surface area contributed by atoms with E-state index in [1.54, 1.807) is 24.3 Å². The number of ether oxygens (including phenoxy) is 1. The van der Waals surface area contributed by atoms with Crippen molar-refractivity contribution in [3.05, 3.63) is 58.3 Å². The zero-order chi connectivity index (χ0) is 18.1. The van der Waals surface area contributed by atoms with Crippen molar-refractivity contribution >= 4 is 29.2 Å². The van der Waals surface area contributed by atoms with Crippen molar-refractivity contribution in [2.24, 2.45) is 0 Å². The van der Waals surface area contributed by atoms with Crippen LogP contribution in [0.2, 0.25) is 0 Å². The smallest absolute Gasteiger partial charge is 0.408 e. The fourth-order valence-corrected chi connectivity index (χ4v) is 2.89. The molecule has 132 valence electrons. The second kappa shape index (κ2) is 9.58. The van der Waals surface area contributed by atoms with Crippen LogP contribution in [0.5, 0.6) is 0 Å². The Hall–Kier alpha value is -2.67. The van der Waals surface area contributed by atoms with Gasteiger partial charge in [0, 0.05) is 6.42 Å². The van der Waals surface area contributed by atoms with Crippen LogP contribution in [-0.4, -0.2) is 29.0 Å². The summed E-state index contributed by atoms with van der Waals surface area (Å²) in [6, 6.07) is 11.5. The minimum absolute atomic E-state index is 0.0224. The molecule has 2 rings (SSSR count). The number of carboxylic acids is 1. The summed E-state index contributed by atoms with van der Waals surface area (Å²) in [5.41, 5.74) is 0.811. The van der Waals surface area contributed by atoms with Crippen LogP contribution in [0.4, 0.5) is 4.79 Å². The van der Waals surface area contributed by atoms with Gasteiger partial charge in [0.25, 0.3) is 0 Å². The molecule has 7 heteroatoms. The topological polar surface area (TPSA) is 92.7 Å². The van der Waals surface area contributed by atoms with Crippen LogP contribution in [0.15, 0.2) is 47.8 Å². The summed E-state index contributed by atoms with van der Waals surface area (Å²) >= 11 is 1.36. The van der Waals surface area contributed by atoms with Gasteiger partial charge < -0.3 is 15.2 Å². The lowest BCUT2D eigenvalue weighted by molar-refractivity contribution is -0.139. The van der Waals surface area contributed by atoms with Crippen LogP contribution >= 0.6 is 11.3 Å². The van der Waals surface area contributed by atoms with Gasteiger partial charge in [0.15, 0.2) is 5.78 Å². The molecule has 0 radical (unpaired) electrons. The number of rotatable bonds is 9. The second-order valence-electron chi connectivity index (χ2n) is 5.39. The van der Waals surface area contributed by atoms with Crippen molar-refractivity contribution in [2.75, 3.05) is 0 Å². The van der Waals surface area contributed by atoms with E-state index >= 15 is 0 Å². The van der Waals surface area contributed by atoms with Crippen LogP contribution in [0.25, 0.3) is 0 Å². The highest BCUT2D eigenvalue weighted by Gasteiger charge is 2.21. The maximum Gasteiger partial charge on any atom is 0.408 e. The third-order valence-corrected chi connectivity index (χ3v) is 4.41. The maximum absolute atomic E-state index is 11.9. The van der Waals surface area contributed by atoms with E-state index in [1.807, 2.05) is 23.6 Å². The quantitative estimate of drug-likeness (QED) is 0.667. The standard InChI is InChI=1S/C18H19NO5S/c20-15(16-10-5-11-25-16)9-4-8-14(17(21)22)19-18(23)24-12-13-6-2-1-3-7-13/h1-3,5-7,10-11,14H,4,8-9,12H2,(H,19,23)(H,21,22). The van der Waals surface area contributed by atoms with E-state index in [9.17, 15) is 19.5 Å². The molecule has 2 aromatic rings. The van der Waals surface area contributed by atoms with Crippen molar-refractivity contribution in [1.82, 2.24) is 5.32 Å². The number of nitrogens with one attached hydrogen (secondary N) is 1. The minimum Gasteiger partial charge on any atom is -0.480 e. The molecule has 25 heavy (non-hydrogen) atoms. The molecule has 1 heterocycles. The van der Waals surface area contributed by atoms with E-state index < -0.39 is 18.1 Å². The number of aliphatic carboxylic acids is 1. The molecule has 0 spiro atoms. The molecule has 0 fully saturated rings. The maximum atomic E-state index is 11.9. The van der Waals surface area contributed by atoms with Gasteiger partial charge in [-0.3, -0.25) is 4.79 Å². The molecular formula is C18H19NO5S. The molecule has 1 aromatic heterocycles. The lowest BCUT2D eigenvalue weighted by Crippen LogP contribution is -2.41. The molecule has 2 N–H and O–H groups in total. The van der Waals surface area contributed by atoms with Gasteiger partial charge in [-0.05, 0) is 29.9 Å². The first-order valence-corrected chi connectivity index (χ1v) is 8.71. The van der Waals surface area contributed by atoms with Crippen molar-refractivity contribution in [3.8, 4) is 0 Å². The lowest BCUT2D eigenvalue weighted by Gasteiger charge is -2.14. The van der Waals surface area contributed by atoms with Crippen molar-refractivity contribution < 1.29 is 24.2 Å². The number of amides is 1. The van der Waals surface area contributed by atoms with Gasteiger partial charge in [0.2, 0.25) is 0 Å². The van der Waals surface area contributed by atoms with Crippen LogP contribution in [0, 0.1) is 0 Å². The van der Waals surface area contributed by atoms with Gasteiger partial charge in [0.1, 0.15) is 12.6 Å². The lowest BCUT2D eigenvalue weighted by atomic mass is 10.1. The number of carbonyl (C=O) groups is 3. The van der Waals surface area contributed by atoms with Crippen LogP contribution in [-0.2, 0) is 16.1 Å². The zero-order valence-electron chi connectivity index (χ0n) is 13.5. The van der Waals surface area contributed by atoms with Crippen LogP contribution in [0.1, 0.15) is 34.5 Å². The predicted molar refractivity (Wildman–Crippen MR) is 93.7 cm³/mol. The first-order valence-electron chi connectivity index (χ1n) is 7.83. The van der Waals surface area contributed by atoms with Crippen molar-refractivity contribution in [2.45, 2.75) is 31.9 Å². The summed E-state index contributed by atoms with van der Waals surface area (Å²) < 4.78 is 5.02.